The van der Waals surface area contributed by atoms with Gasteiger partial charge >= 0.3 is 0 Å². The summed E-state index contributed by atoms with van der Waals surface area (Å²) in [5.41, 5.74) is 6.19. The van der Waals surface area contributed by atoms with Crippen LogP contribution < -0.4 is 11.1 Å². The number of halogens is 2. The quantitative estimate of drug-likeness (QED) is 0.818. The Morgan fingerprint density at radius 2 is 2.21 bits per heavy atom. The van der Waals surface area contributed by atoms with Gasteiger partial charge in [-0.3, -0.25) is 9.78 Å². The first-order valence-corrected chi connectivity index (χ1v) is 9.12. The van der Waals surface area contributed by atoms with Gasteiger partial charge in [0, 0.05) is 17.4 Å². The Morgan fingerprint density at radius 1 is 1.38 bits per heavy atom. The molecule has 7 nitrogen and oxygen atoms in total. The number of benzene rings is 1. The molecule has 1 amide bonds. The topological polar surface area (TPSA) is 98.8 Å². The van der Waals surface area contributed by atoms with E-state index in [2.05, 4.69) is 15.3 Å². The number of rotatable bonds is 4. The van der Waals surface area contributed by atoms with E-state index >= 15 is 0 Å². The standard InChI is InChI=1S/C20H20F2N4O3/c1-11-2-5-16(24-8-11)18(27)25-12-3-4-15(22)13(6-12)20-10-29-17(7-21)14(20)9-28-19(23)26-20/h2-6,8,14,17H,7,9-10H2,1H3,(H2,23,26)(H,25,27). The number of carbonyl (C=O) groups is 1. The van der Waals surface area contributed by atoms with Crippen LogP contribution in [-0.2, 0) is 15.0 Å². The molecule has 2 aliphatic heterocycles. The van der Waals surface area contributed by atoms with Gasteiger partial charge in [-0.15, -0.1) is 0 Å². The summed E-state index contributed by atoms with van der Waals surface area (Å²) in [4.78, 5) is 20.9. The maximum atomic E-state index is 14.8. The summed E-state index contributed by atoms with van der Waals surface area (Å²) in [6.07, 6.45) is 0.808. The third-order valence-electron chi connectivity index (χ3n) is 5.29. The predicted molar refractivity (Wildman–Crippen MR) is 102 cm³/mol. The van der Waals surface area contributed by atoms with E-state index in [-0.39, 0.29) is 30.5 Å². The van der Waals surface area contributed by atoms with Gasteiger partial charge in [-0.25, -0.2) is 13.8 Å². The molecule has 0 radical (unpaired) electrons. The summed E-state index contributed by atoms with van der Waals surface area (Å²) < 4.78 is 39.0. The van der Waals surface area contributed by atoms with Crippen molar-refractivity contribution in [2.24, 2.45) is 16.6 Å². The molecule has 3 heterocycles. The van der Waals surface area contributed by atoms with Crippen molar-refractivity contribution in [1.82, 2.24) is 4.98 Å². The van der Waals surface area contributed by atoms with Crippen LogP contribution in [0.25, 0.3) is 0 Å². The van der Waals surface area contributed by atoms with Crippen molar-refractivity contribution in [2.75, 3.05) is 25.2 Å². The lowest BCUT2D eigenvalue weighted by molar-refractivity contribution is 0.0528. The fraction of sp³-hybridized carbons (Fsp3) is 0.350. The molecule has 1 saturated heterocycles. The van der Waals surface area contributed by atoms with Crippen molar-refractivity contribution < 1.29 is 23.0 Å². The van der Waals surface area contributed by atoms with Crippen LogP contribution in [0.4, 0.5) is 14.5 Å². The number of amidine groups is 1. The number of amides is 1. The Morgan fingerprint density at radius 3 is 2.93 bits per heavy atom. The molecule has 3 atom stereocenters. The van der Waals surface area contributed by atoms with E-state index in [9.17, 15) is 13.6 Å². The van der Waals surface area contributed by atoms with Crippen LogP contribution in [0, 0.1) is 18.7 Å². The molecule has 29 heavy (non-hydrogen) atoms. The third-order valence-corrected chi connectivity index (χ3v) is 5.29. The third kappa shape index (κ3) is 3.42. The van der Waals surface area contributed by atoms with E-state index in [1.165, 1.54) is 18.2 Å². The van der Waals surface area contributed by atoms with Crippen LogP contribution in [0.1, 0.15) is 21.6 Å². The zero-order valence-electron chi connectivity index (χ0n) is 15.7. The fourth-order valence-corrected chi connectivity index (χ4v) is 3.75. The minimum absolute atomic E-state index is 0.0375. The smallest absolute Gasteiger partial charge is 0.282 e. The minimum Gasteiger partial charge on any atom is -0.465 e. The molecule has 1 fully saturated rings. The first kappa shape index (κ1) is 19.3. The number of fused-ring (bicyclic) bond motifs is 1. The number of aliphatic imine (C=N–C) groups is 1. The number of aryl methyl sites for hydroxylation is 1. The Hall–Kier alpha value is -3.07. The highest BCUT2D eigenvalue weighted by atomic mass is 19.1. The Kier molecular flexibility index (Phi) is 4.91. The summed E-state index contributed by atoms with van der Waals surface area (Å²) in [5.74, 6) is -1.53. The number of anilines is 1. The van der Waals surface area contributed by atoms with Gasteiger partial charge in [-0.2, -0.15) is 0 Å². The van der Waals surface area contributed by atoms with Gasteiger partial charge in [0.15, 0.2) is 0 Å². The molecule has 4 rings (SSSR count). The number of hydrogen-bond donors (Lipinski definition) is 2. The number of carbonyl (C=O) groups excluding carboxylic acids is 1. The van der Waals surface area contributed by atoms with Gasteiger partial charge in [0.25, 0.3) is 11.9 Å². The molecular formula is C20H20F2N4O3. The summed E-state index contributed by atoms with van der Waals surface area (Å²) >= 11 is 0. The number of ether oxygens (including phenoxy) is 2. The van der Waals surface area contributed by atoms with Gasteiger partial charge in [-0.1, -0.05) is 6.07 Å². The zero-order chi connectivity index (χ0) is 20.6. The average molecular weight is 402 g/mol. The summed E-state index contributed by atoms with van der Waals surface area (Å²) in [6, 6.07) is 7.40. The highest BCUT2D eigenvalue weighted by molar-refractivity contribution is 6.02. The normalized spacial score (nSPS) is 25.7. The number of nitrogens with one attached hydrogen (secondary N) is 1. The van der Waals surface area contributed by atoms with E-state index in [1.807, 2.05) is 6.92 Å². The molecular weight excluding hydrogens is 382 g/mol. The van der Waals surface area contributed by atoms with Crippen molar-refractivity contribution in [1.29, 1.82) is 0 Å². The van der Waals surface area contributed by atoms with Gasteiger partial charge < -0.3 is 20.5 Å². The van der Waals surface area contributed by atoms with Crippen LogP contribution >= 0.6 is 0 Å². The largest absolute Gasteiger partial charge is 0.465 e. The Balaban J connectivity index is 1.68. The highest BCUT2D eigenvalue weighted by Crippen LogP contribution is 2.46. The lowest BCUT2D eigenvalue weighted by atomic mass is 9.78. The summed E-state index contributed by atoms with van der Waals surface area (Å²) in [7, 11) is 0. The van der Waals surface area contributed by atoms with Gasteiger partial charge in [-0.05, 0) is 36.8 Å². The number of nitrogens with zero attached hydrogens (tertiary/aromatic N) is 2. The molecule has 0 spiro atoms. The molecule has 2 aromatic rings. The second-order valence-corrected chi connectivity index (χ2v) is 7.17. The highest BCUT2D eigenvalue weighted by Gasteiger charge is 2.55. The molecule has 0 aliphatic carbocycles. The molecule has 3 unspecified atom stereocenters. The van der Waals surface area contributed by atoms with Crippen molar-refractivity contribution in [3.05, 3.63) is 59.2 Å². The van der Waals surface area contributed by atoms with Crippen LogP contribution in [0.2, 0.25) is 0 Å². The van der Waals surface area contributed by atoms with Crippen molar-refractivity contribution in [2.45, 2.75) is 18.6 Å². The van der Waals surface area contributed by atoms with Crippen LogP contribution in [-0.4, -0.2) is 42.9 Å². The lowest BCUT2D eigenvalue weighted by Crippen LogP contribution is -2.45. The minimum atomic E-state index is -1.22. The Labute approximate surface area is 165 Å². The molecule has 152 valence electrons. The van der Waals surface area contributed by atoms with Gasteiger partial charge in [0.1, 0.15) is 23.7 Å². The monoisotopic (exact) mass is 402 g/mol. The SMILES string of the molecule is Cc1ccc(C(=O)Nc2ccc(F)c(C34COC(CF)C3COC(N)=N4)c2)nc1. The number of hydrogen-bond acceptors (Lipinski definition) is 6. The molecule has 2 aliphatic rings. The molecule has 0 bridgehead atoms. The van der Waals surface area contributed by atoms with Crippen LogP contribution in [0.15, 0.2) is 41.5 Å². The van der Waals surface area contributed by atoms with E-state index in [0.717, 1.165) is 5.56 Å². The molecule has 1 aromatic carbocycles. The number of alkyl halides is 1. The second kappa shape index (κ2) is 7.40. The van der Waals surface area contributed by atoms with Gasteiger partial charge in [0.05, 0.1) is 25.2 Å². The van der Waals surface area contributed by atoms with Crippen LogP contribution in [0.3, 0.4) is 0 Å². The maximum absolute atomic E-state index is 14.8. The average Bonchev–Trinajstić information content (AvgIpc) is 3.08. The Bertz CT molecular complexity index is 967. The maximum Gasteiger partial charge on any atom is 0.282 e. The van der Waals surface area contributed by atoms with E-state index < -0.39 is 36.0 Å². The molecule has 0 saturated carbocycles. The predicted octanol–water partition coefficient (Wildman–Crippen LogP) is 2.31. The second-order valence-electron chi connectivity index (χ2n) is 7.17. The summed E-state index contributed by atoms with van der Waals surface area (Å²) in [5, 5.41) is 2.70. The number of nitrogens with two attached hydrogens (primary N) is 1. The number of aromatic nitrogens is 1. The molecule has 9 heteroatoms. The zero-order valence-corrected chi connectivity index (χ0v) is 15.7. The molecule has 1 aromatic heterocycles. The van der Waals surface area contributed by atoms with Crippen molar-refractivity contribution >= 4 is 17.6 Å². The fourth-order valence-electron chi connectivity index (χ4n) is 3.75. The molecule has 3 N–H and O–H groups in total. The lowest BCUT2D eigenvalue weighted by Gasteiger charge is -2.35. The van der Waals surface area contributed by atoms with E-state index in [4.69, 9.17) is 15.2 Å². The van der Waals surface area contributed by atoms with E-state index in [0.29, 0.717) is 5.69 Å². The number of pyridine rings is 1. The first-order chi connectivity index (χ1) is 13.9. The van der Waals surface area contributed by atoms with Gasteiger partial charge in [0.2, 0.25) is 0 Å². The first-order valence-electron chi connectivity index (χ1n) is 9.12. The van der Waals surface area contributed by atoms with Crippen molar-refractivity contribution in [3.8, 4) is 0 Å². The van der Waals surface area contributed by atoms with E-state index in [1.54, 1.807) is 18.3 Å². The van der Waals surface area contributed by atoms with Crippen LogP contribution in [0.5, 0.6) is 0 Å². The summed E-state index contributed by atoms with van der Waals surface area (Å²) in [6.45, 7) is 1.14. The van der Waals surface area contributed by atoms with Crippen molar-refractivity contribution in [3.63, 3.8) is 0 Å².